The minimum absolute atomic E-state index is 0.0233. The summed E-state index contributed by atoms with van der Waals surface area (Å²) in [5.74, 6) is 0.759. The van der Waals surface area contributed by atoms with E-state index in [9.17, 15) is 9.18 Å². The van der Waals surface area contributed by atoms with E-state index >= 15 is 0 Å². The molecule has 0 spiro atoms. The Balaban J connectivity index is 3.30. The van der Waals surface area contributed by atoms with E-state index < -0.39 is 11.8 Å². The van der Waals surface area contributed by atoms with Crippen LogP contribution in [0.25, 0.3) is 0 Å². The molecular formula is C10H8FNO2. The monoisotopic (exact) mass is 193 g/mol. The summed E-state index contributed by atoms with van der Waals surface area (Å²) >= 11 is 0. The number of hydrogen-bond acceptors (Lipinski definition) is 3. The molecule has 0 radical (unpaired) electrons. The average molecular weight is 193 g/mol. The molecular weight excluding hydrogens is 185 g/mol. The second kappa shape index (κ2) is 3.79. The maximum absolute atomic E-state index is 13.1. The summed E-state index contributed by atoms with van der Waals surface area (Å²) in [6.45, 7) is 0. The standard InChI is InChI=1S/C10H8FNO2/c1-3-6-4-9(12)7(5-8(6)11)10(13)14-2/h1,4-5H,12H2,2H3. The first-order valence-electron chi connectivity index (χ1n) is 3.74. The Labute approximate surface area is 80.7 Å². The molecule has 14 heavy (non-hydrogen) atoms. The quantitative estimate of drug-likeness (QED) is 0.414. The number of esters is 1. The molecule has 0 saturated carbocycles. The van der Waals surface area contributed by atoms with Crippen LogP contribution in [0.4, 0.5) is 10.1 Å². The van der Waals surface area contributed by atoms with Gasteiger partial charge >= 0.3 is 5.97 Å². The fraction of sp³-hybridized carbons (Fsp3) is 0.100. The molecule has 0 amide bonds. The van der Waals surface area contributed by atoms with Crippen LogP contribution in [0.2, 0.25) is 0 Å². The van der Waals surface area contributed by atoms with Gasteiger partial charge in [0.1, 0.15) is 5.82 Å². The van der Waals surface area contributed by atoms with Crippen LogP contribution in [0.5, 0.6) is 0 Å². The van der Waals surface area contributed by atoms with E-state index in [0.717, 1.165) is 6.07 Å². The summed E-state index contributed by atoms with van der Waals surface area (Å²) < 4.78 is 17.5. The minimum atomic E-state index is -0.690. The minimum Gasteiger partial charge on any atom is -0.465 e. The predicted octanol–water partition coefficient (Wildman–Crippen LogP) is 1.18. The number of methoxy groups -OCH3 is 1. The number of nitrogen functional groups attached to an aromatic ring is 1. The third-order valence-corrected chi connectivity index (χ3v) is 1.70. The maximum atomic E-state index is 13.1. The lowest BCUT2D eigenvalue weighted by Crippen LogP contribution is -2.07. The van der Waals surface area contributed by atoms with Gasteiger partial charge in [-0.05, 0) is 12.1 Å². The number of carbonyl (C=O) groups excluding carboxylic acids is 1. The zero-order valence-corrected chi connectivity index (χ0v) is 7.50. The van der Waals surface area contributed by atoms with Gasteiger partial charge in [-0.3, -0.25) is 0 Å². The lowest BCUT2D eigenvalue weighted by molar-refractivity contribution is 0.0601. The Kier molecular flexibility index (Phi) is 2.73. The van der Waals surface area contributed by atoms with E-state index in [1.807, 2.05) is 0 Å². The highest BCUT2D eigenvalue weighted by Crippen LogP contribution is 2.18. The van der Waals surface area contributed by atoms with Crippen molar-refractivity contribution in [2.75, 3.05) is 12.8 Å². The fourth-order valence-corrected chi connectivity index (χ4v) is 0.987. The maximum Gasteiger partial charge on any atom is 0.340 e. The van der Waals surface area contributed by atoms with Crippen molar-refractivity contribution in [1.82, 2.24) is 0 Å². The normalized spacial score (nSPS) is 9.21. The first kappa shape index (κ1) is 10.1. The van der Waals surface area contributed by atoms with Crippen LogP contribution in [0, 0.1) is 18.2 Å². The van der Waals surface area contributed by atoms with Gasteiger partial charge in [0.05, 0.1) is 18.2 Å². The van der Waals surface area contributed by atoms with E-state index in [1.54, 1.807) is 0 Å². The van der Waals surface area contributed by atoms with Gasteiger partial charge in [-0.15, -0.1) is 6.42 Å². The largest absolute Gasteiger partial charge is 0.465 e. The molecule has 0 saturated heterocycles. The second-order valence-electron chi connectivity index (χ2n) is 2.56. The van der Waals surface area contributed by atoms with Crippen molar-refractivity contribution in [3.63, 3.8) is 0 Å². The Morgan fingerprint density at radius 1 is 1.64 bits per heavy atom. The summed E-state index contributed by atoms with van der Waals surface area (Å²) in [4.78, 5) is 11.1. The van der Waals surface area contributed by atoms with Gasteiger partial charge in [0.2, 0.25) is 0 Å². The number of carbonyl (C=O) groups is 1. The Morgan fingerprint density at radius 2 is 2.29 bits per heavy atom. The Morgan fingerprint density at radius 3 is 2.79 bits per heavy atom. The third-order valence-electron chi connectivity index (χ3n) is 1.70. The Hall–Kier alpha value is -2.02. The van der Waals surface area contributed by atoms with Crippen molar-refractivity contribution in [2.45, 2.75) is 0 Å². The van der Waals surface area contributed by atoms with Crippen LogP contribution in [0.3, 0.4) is 0 Å². The molecule has 1 aromatic rings. The van der Waals surface area contributed by atoms with Crippen molar-refractivity contribution in [3.05, 3.63) is 29.1 Å². The first-order valence-corrected chi connectivity index (χ1v) is 3.74. The number of terminal acetylenes is 1. The highest BCUT2D eigenvalue weighted by atomic mass is 19.1. The average Bonchev–Trinajstić information content (AvgIpc) is 2.19. The van der Waals surface area contributed by atoms with E-state index in [1.165, 1.54) is 13.2 Å². The van der Waals surface area contributed by atoms with Crippen LogP contribution in [-0.4, -0.2) is 13.1 Å². The van der Waals surface area contributed by atoms with E-state index in [2.05, 4.69) is 10.7 Å². The number of hydrogen-bond donors (Lipinski definition) is 1. The highest BCUT2D eigenvalue weighted by Gasteiger charge is 2.13. The predicted molar refractivity (Wildman–Crippen MR) is 50.1 cm³/mol. The smallest absolute Gasteiger partial charge is 0.340 e. The molecule has 4 heteroatoms. The molecule has 0 atom stereocenters. The molecule has 0 aliphatic rings. The lowest BCUT2D eigenvalue weighted by Gasteiger charge is -2.04. The molecule has 0 aliphatic heterocycles. The molecule has 1 aromatic carbocycles. The third kappa shape index (κ3) is 1.67. The van der Waals surface area contributed by atoms with E-state index in [0.29, 0.717) is 0 Å². The number of anilines is 1. The van der Waals surface area contributed by atoms with Crippen LogP contribution in [0.15, 0.2) is 12.1 Å². The van der Waals surface area contributed by atoms with E-state index in [-0.39, 0.29) is 16.8 Å². The molecule has 72 valence electrons. The number of nitrogens with two attached hydrogens (primary N) is 1. The molecule has 0 heterocycles. The molecule has 1 rings (SSSR count). The molecule has 3 nitrogen and oxygen atoms in total. The van der Waals surface area contributed by atoms with Crippen molar-refractivity contribution >= 4 is 11.7 Å². The van der Waals surface area contributed by atoms with Crippen molar-refractivity contribution in [1.29, 1.82) is 0 Å². The van der Waals surface area contributed by atoms with E-state index in [4.69, 9.17) is 12.2 Å². The van der Waals surface area contributed by atoms with Gasteiger partial charge in [0, 0.05) is 5.69 Å². The molecule has 0 bridgehead atoms. The molecule has 0 aliphatic carbocycles. The Bertz CT molecular complexity index is 421. The summed E-state index contributed by atoms with van der Waals surface area (Å²) in [6.07, 6.45) is 5.02. The zero-order valence-electron chi connectivity index (χ0n) is 7.50. The van der Waals surface area contributed by atoms with Crippen molar-refractivity contribution in [3.8, 4) is 12.3 Å². The van der Waals surface area contributed by atoms with Crippen LogP contribution in [-0.2, 0) is 4.74 Å². The number of benzene rings is 1. The van der Waals surface area contributed by atoms with Gasteiger partial charge < -0.3 is 10.5 Å². The summed E-state index contributed by atoms with van der Waals surface area (Å²) in [6, 6.07) is 2.19. The first-order chi connectivity index (χ1) is 6.60. The van der Waals surface area contributed by atoms with Crippen LogP contribution in [0.1, 0.15) is 15.9 Å². The fourth-order valence-electron chi connectivity index (χ4n) is 0.987. The van der Waals surface area contributed by atoms with Gasteiger partial charge in [0.25, 0.3) is 0 Å². The molecule has 0 unspecified atom stereocenters. The number of ether oxygens (including phenoxy) is 1. The summed E-state index contributed by atoms with van der Waals surface area (Å²) in [5.41, 5.74) is 5.58. The van der Waals surface area contributed by atoms with Gasteiger partial charge in [-0.25, -0.2) is 9.18 Å². The molecule has 2 N–H and O–H groups in total. The van der Waals surface area contributed by atoms with Crippen LogP contribution < -0.4 is 5.73 Å². The lowest BCUT2D eigenvalue weighted by atomic mass is 10.1. The number of halogens is 1. The molecule has 0 aromatic heterocycles. The SMILES string of the molecule is C#Cc1cc(N)c(C(=O)OC)cc1F. The van der Waals surface area contributed by atoms with Crippen molar-refractivity contribution in [2.24, 2.45) is 0 Å². The zero-order chi connectivity index (χ0) is 10.7. The number of rotatable bonds is 1. The van der Waals surface area contributed by atoms with Gasteiger partial charge in [-0.2, -0.15) is 0 Å². The summed E-state index contributed by atoms with van der Waals surface area (Å²) in [7, 11) is 1.19. The summed E-state index contributed by atoms with van der Waals surface area (Å²) in [5, 5.41) is 0. The van der Waals surface area contributed by atoms with Crippen molar-refractivity contribution < 1.29 is 13.9 Å². The van der Waals surface area contributed by atoms with Gasteiger partial charge in [0.15, 0.2) is 0 Å². The highest BCUT2D eigenvalue weighted by molar-refractivity contribution is 5.95. The molecule has 0 fully saturated rings. The topological polar surface area (TPSA) is 52.3 Å². The van der Waals surface area contributed by atoms with Gasteiger partial charge in [-0.1, -0.05) is 5.92 Å². The van der Waals surface area contributed by atoms with Crippen LogP contribution >= 0.6 is 0 Å². The second-order valence-corrected chi connectivity index (χ2v) is 2.56.